The van der Waals surface area contributed by atoms with Crippen LogP contribution < -0.4 is 5.32 Å². The molecule has 3 fully saturated rings. The first-order chi connectivity index (χ1) is 12.1. The molecule has 2 amide bonds. The van der Waals surface area contributed by atoms with Crippen molar-refractivity contribution in [2.24, 2.45) is 11.8 Å². The summed E-state index contributed by atoms with van der Waals surface area (Å²) in [6, 6.07) is 0.730. The Morgan fingerprint density at radius 3 is 2.42 bits per heavy atom. The molecule has 2 saturated heterocycles. The second-order valence-corrected chi connectivity index (χ2v) is 8.37. The number of piperidine rings is 1. The molecule has 1 saturated carbocycles. The molecule has 150 valence electrons. The number of likely N-dealkylation sites (tertiary alicyclic amines) is 1. The van der Waals surface area contributed by atoms with E-state index in [1.165, 1.54) is 12.8 Å². The Morgan fingerprint density at radius 1 is 1.15 bits per heavy atom. The number of hydrogen-bond donors (Lipinski definition) is 1. The smallest absolute Gasteiger partial charge is 0.228 e. The van der Waals surface area contributed by atoms with Crippen LogP contribution in [0.25, 0.3) is 0 Å². The Kier molecular flexibility index (Phi) is 8.21. The first kappa shape index (κ1) is 21.5. The van der Waals surface area contributed by atoms with E-state index in [1.54, 1.807) is 0 Å². The number of rotatable bonds is 5. The maximum atomic E-state index is 13.2. The van der Waals surface area contributed by atoms with E-state index in [1.807, 2.05) is 4.90 Å². The fraction of sp³-hybridized carbons (Fsp3) is 0.900. The number of halogens is 1. The van der Waals surface area contributed by atoms with Gasteiger partial charge in [-0.15, -0.1) is 12.4 Å². The van der Waals surface area contributed by atoms with Gasteiger partial charge in [-0.05, 0) is 64.0 Å². The van der Waals surface area contributed by atoms with Crippen molar-refractivity contribution in [3.63, 3.8) is 0 Å². The Hall–Kier alpha value is -0.810. The molecule has 0 aromatic carbocycles. The van der Waals surface area contributed by atoms with Crippen molar-refractivity contribution in [2.75, 3.05) is 26.2 Å². The maximum absolute atomic E-state index is 13.2. The molecule has 3 aliphatic rings. The lowest BCUT2D eigenvalue weighted by atomic mass is 9.86. The van der Waals surface area contributed by atoms with Crippen molar-refractivity contribution in [1.29, 1.82) is 0 Å². The quantitative estimate of drug-likeness (QED) is 0.791. The van der Waals surface area contributed by atoms with Crippen molar-refractivity contribution >= 4 is 24.2 Å². The Bertz CT molecular complexity index is 474. The Labute approximate surface area is 164 Å². The Morgan fingerprint density at radius 2 is 1.81 bits per heavy atom. The summed E-state index contributed by atoms with van der Waals surface area (Å²) in [6.07, 6.45) is 8.14. The molecule has 2 aliphatic heterocycles. The molecule has 3 rings (SSSR count). The van der Waals surface area contributed by atoms with Crippen molar-refractivity contribution in [1.82, 2.24) is 15.1 Å². The number of amides is 2. The highest BCUT2D eigenvalue weighted by Gasteiger charge is 2.41. The largest absolute Gasteiger partial charge is 0.339 e. The van der Waals surface area contributed by atoms with Crippen molar-refractivity contribution in [3.8, 4) is 0 Å². The van der Waals surface area contributed by atoms with Crippen LogP contribution >= 0.6 is 12.4 Å². The predicted octanol–water partition coefficient (Wildman–Crippen LogP) is 2.83. The topological polar surface area (TPSA) is 52.7 Å². The molecule has 26 heavy (non-hydrogen) atoms. The molecule has 1 atom stereocenters. The fourth-order valence-electron chi connectivity index (χ4n) is 4.87. The van der Waals surface area contributed by atoms with Gasteiger partial charge in [0.15, 0.2) is 0 Å². The zero-order chi connectivity index (χ0) is 17.8. The van der Waals surface area contributed by atoms with Crippen molar-refractivity contribution in [2.45, 2.75) is 77.3 Å². The maximum Gasteiger partial charge on any atom is 0.228 e. The molecule has 0 aromatic heterocycles. The van der Waals surface area contributed by atoms with Crippen LogP contribution in [0.4, 0.5) is 0 Å². The van der Waals surface area contributed by atoms with E-state index in [-0.39, 0.29) is 30.1 Å². The van der Waals surface area contributed by atoms with E-state index >= 15 is 0 Å². The minimum Gasteiger partial charge on any atom is -0.339 e. The molecule has 0 spiro atoms. The molecule has 1 unspecified atom stereocenters. The third-order valence-electron chi connectivity index (χ3n) is 6.43. The molecule has 1 N–H and O–H groups in total. The van der Waals surface area contributed by atoms with Gasteiger partial charge in [0.2, 0.25) is 11.8 Å². The minimum absolute atomic E-state index is 0. The van der Waals surface area contributed by atoms with Gasteiger partial charge < -0.3 is 15.1 Å². The summed E-state index contributed by atoms with van der Waals surface area (Å²) in [6.45, 7) is 7.91. The molecule has 0 radical (unpaired) electrons. The van der Waals surface area contributed by atoms with Crippen LogP contribution in [0, 0.1) is 11.8 Å². The van der Waals surface area contributed by atoms with Crippen molar-refractivity contribution in [3.05, 3.63) is 0 Å². The van der Waals surface area contributed by atoms with Gasteiger partial charge in [-0.25, -0.2) is 0 Å². The van der Waals surface area contributed by atoms with Gasteiger partial charge in [-0.1, -0.05) is 13.8 Å². The van der Waals surface area contributed by atoms with Gasteiger partial charge in [-0.3, -0.25) is 9.59 Å². The number of nitrogens with one attached hydrogen (secondary N) is 1. The normalized spacial score (nSPS) is 30.2. The number of carbonyl (C=O) groups is 2. The zero-order valence-electron chi connectivity index (χ0n) is 16.4. The lowest BCUT2D eigenvalue weighted by Gasteiger charge is -2.36. The van der Waals surface area contributed by atoms with E-state index in [0.29, 0.717) is 25.0 Å². The van der Waals surface area contributed by atoms with E-state index in [0.717, 1.165) is 57.7 Å². The summed E-state index contributed by atoms with van der Waals surface area (Å²) in [5, 5.41) is 3.38. The number of nitrogens with zero attached hydrogens (tertiary/aromatic N) is 2. The lowest BCUT2D eigenvalue weighted by Crippen LogP contribution is -2.49. The molecule has 1 aliphatic carbocycles. The van der Waals surface area contributed by atoms with Gasteiger partial charge in [0.25, 0.3) is 0 Å². The third-order valence-corrected chi connectivity index (χ3v) is 6.43. The van der Waals surface area contributed by atoms with Crippen LogP contribution in [0.15, 0.2) is 0 Å². The van der Waals surface area contributed by atoms with Crippen LogP contribution in [0.1, 0.15) is 65.2 Å². The number of hydrogen-bond acceptors (Lipinski definition) is 3. The molecule has 6 heteroatoms. The van der Waals surface area contributed by atoms with Gasteiger partial charge in [-0.2, -0.15) is 0 Å². The lowest BCUT2D eigenvalue weighted by molar-refractivity contribution is -0.138. The highest BCUT2D eigenvalue weighted by molar-refractivity contribution is 5.89. The van der Waals surface area contributed by atoms with E-state index in [2.05, 4.69) is 24.1 Å². The van der Waals surface area contributed by atoms with E-state index in [4.69, 9.17) is 0 Å². The average Bonchev–Trinajstić information content (AvgIpc) is 3.02. The van der Waals surface area contributed by atoms with Crippen LogP contribution in [-0.2, 0) is 9.59 Å². The second-order valence-electron chi connectivity index (χ2n) is 8.37. The summed E-state index contributed by atoms with van der Waals surface area (Å²) < 4.78 is 0. The summed E-state index contributed by atoms with van der Waals surface area (Å²) in [4.78, 5) is 29.9. The summed E-state index contributed by atoms with van der Waals surface area (Å²) in [5.41, 5.74) is 0. The van der Waals surface area contributed by atoms with Crippen LogP contribution in [-0.4, -0.2) is 59.9 Å². The predicted molar refractivity (Wildman–Crippen MR) is 106 cm³/mol. The monoisotopic (exact) mass is 385 g/mol. The SMILES string of the molecule is CCCN(C(=O)C1CC(=O)N(C2CCC(C)CC2)C1)C1CCNCC1.Cl. The summed E-state index contributed by atoms with van der Waals surface area (Å²) >= 11 is 0. The minimum atomic E-state index is -0.117. The van der Waals surface area contributed by atoms with E-state index in [9.17, 15) is 9.59 Å². The highest BCUT2D eigenvalue weighted by Crippen LogP contribution is 2.32. The van der Waals surface area contributed by atoms with Crippen molar-refractivity contribution < 1.29 is 9.59 Å². The highest BCUT2D eigenvalue weighted by atomic mass is 35.5. The fourth-order valence-corrected chi connectivity index (χ4v) is 4.87. The molecule has 0 bridgehead atoms. The molecular formula is C20H36ClN3O2. The van der Waals surface area contributed by atoms with Crippen LogP contribution in [0.3, 0.4) is 0 Å². The van der Waals surface area contributed by atoms with E-state index < -0.39 is 0 Å². The molecular weight excluding hydrogens is 350 g/mol. The second kappa shape index (κ2) is 9.93. The Balaban J connectivity index is 0.00000243. The number of carbonyl (C=O) groups excluding carboxylic acids is 2. The molecule has 2 heterocycles. The molecule has 5 nitrogen and oxygen atoms in total. The average molecular weight is 386 g/mol. The van der Waals surface area contributed by atoms with Crippen LogP contribution in [0.2, 0.25) is 0 Å². The molecule has 0 aromatic rings. The zero-order valence-corrected chi connectivity index (χ0v) is 17.2. The van der Waals surface area contributed by atoms with Gasteiger partial charge in [0, 0.05) is 31.6 Å². The first-order valence-corrected chi connectivity index (χ1v) is 10.4. The van der Waals surface area contributed by atoms with Crippen LogP contribution in [0.5, 0.6) is 0 Å². The standard InChI is InChI=1S/C20H35N3O2.ClH/c1-3-12-22(18-8-10-21-11-9-18)20(25)16-13-19(24)23(14-16)17-6-4-15(2)5-7-17;/h15-18,21H,3-14H2,1-2H3;1H. The van der Waals surface area contributed by atoms with Gasteiger partial charge >= 0.3 is 0 Å². The first-order valence-electron chi connectivity index (χ1n) is 10.4. The summed E-state index contributed by atoms with van der Waals surface area (Å²) in [5.74, 6) is 1.10. The third kappa shape index (κ3) is 4.92. The van der Waals surface area contributed by atoms with Gasteiger partial charge in [0.1, 0.15) is 0 Å². The van der Waals surface area contributed by atoms with Gasteiger partial charge in [0.05, 0.1) is 5.92 Å². The summed E-state index contributed by atoms with van der Waals surface area (Å²) in [7, 11) is 0.